The molecular weight excluding hydrogens is 227 g/mol. The first-order chi connectivity index (χ1) is 6.24. The zero-order chi connectivity index (χ0) is 10.1. The number of phenolic OH excluding ortho intramolecular Hbond substituents is 1. The third-order valence-corrected chi connectivity index (χ3v) is 1.04. The van der Waals surface area contributed by atoms with Crippen LogP contribution in [0.3, 0.4) is 0 Å². The van der Waals surface area contributed by atoms with E-state index in [0.29, 0.717) is 5.75 Å². The van der Waals surface area contributed by atoms with E-state index in [1.54, 1.807) is 18.2 Å². The molecule has 0 fully saturated rings. The van der Waals surface area contributed by atoms with E-state index in [2.05, 4.69) is 6.58 Å². The third kappa shape index (κ3) is 6.51. The molecule has 0 atom stereocenters. The molecule has 0 saturated heterocycles. The first-order valence-corrected chi connectivity index (χ1v) is 7.70. The van der Waals surface area contributed by atoms with Crippen LogP contribution in [0.15, 0.2) is 37.1 Å². The minimum Gasteiger partial charge on any atom is -0.508 e. The summed E-state index contributed by atoms with van der Waals surface area (Å²) in [6.07, 6.45) is 1.31. The van der Waals surface area contributed by atoms with Crippen molar-refractivity contribution in [1.82, 2.24) is 0 Å². The second-order valence-corrected chi connectivity index (χ2v) is 4.51. The molecule has 72 valence electrons. The summed E-state index contributed by atoms with van der Waals surface area (Å²) in [5.41, 5.74) is 0. The van der Waals surface area contributed by atoms with Gasteiger partial charge in [0, 0.05) is 6.07 Å². The number of hydrogen-bond donors (Lipinski definition) is 1. The lowest BCUT2D eigenvalue weighted by Gasteiger charge is -1.97. The Hall–Kier alpha value is -0.643. The van der Waals surface area contributed by atoms with Gasteiger partial charge in [0.15, 0.2) is 0 Å². The molecular formula is C8H10Cl2O2Si. The summed E-state index contributed by atoms with van der Waals surface area (Å²) in [6.45, 7) is 3.38. The van der Waals surface area contributed by atoms with Crippen LogP contribution in [0.25, 0.3) is 0 Å². The van der Waals surface area contributed by atoms with Crippen molar-refractivity contribution in [3.63, 3.8) is 0 Å². The molecule has 1 N–H and O–H groups in total. The highest BCUT2D eigenvalue weighted by Crippen LogP contribution is 2.17. The molecule has 0 heterocycles. The summed E-state index contributed by atoms with van der Waals surface area (Å²) in [7, 11) is -0.639. The van der Waals surface area contributed by atoms with E-state index < -0.39 is 8.14 Å². The van der Waals surface area contributed by atoms with Gasteiger partial charge >= 0.3 is 0 Å². The van der Waals surface area contributed by atoms with Gasteiger partial charge in [0.1, 0.15) is 11.5 Å². The van der Waals surface area contributed by atoms with Crippen LogP contribution in [-0.2, 0) is 0 Å². The predicted molar refractivity (Wildman–Crippen MR) is 59.2 cm³/mol. The van der Waals surface area contributed by atoms with Crippen LogP contribution in [-0.4, -0.2) is 13.2 Å². The van der Waals surface area contributed by atoms with Crippen molar-refractivity contribution in [2.24, 2.45) is 0 Å². The molecule has 0 spiro atoms. The fraction of sp³-hybridized carbons (Fsp3) is 0. The van der Waals surface area contributed by atoms with Gasteiger partial charge in [-0.3, -0.25) is 0 Å². The minimum atomic E-state index is -0.639. The molecule has 1 aromatic rings. The Morgan fingerprint density at radius 3 is 2.54 bits per heavy atom. The number of benzene rings is 1. The van der Waals surface area contributed by atoms with Gasteiger partial charge in [-0.15, -0.1) is 0 Å². The van der Waals surface area contributed by atoms with Gasteiger partial charge in [-0.1, -0.05) is 12.6 Å². The smallest absolute Gasteiger partial charge is 0.222 e. The molecule has 1 aromatic carbocycles. The molecule has 0 aromatic heterocycles. The Balaban J connectivity index is 0.000000424. The molecule has 2 nitrogen and oxygen atoms in total. The Morgan fingerprint density at radius 2 is 2.08 bits per heavy atom. The van der Waals surface area contributed by atoms with Crippen LogP contribution in [0.5, 0.6) is 11.5 Å². The van der Waals surface area contributed by atoms with Crippen molar-refractivity contribution < 1.29 is 9.84 Å². The zero-order valence-electron chi connectivity index (χ0n) is 6.91. The van der Waals surface area contributed by atoms with Crippen LogP contribution in [0.4, 0.5) is 0 Å². The van der Waals surface area contributed by atoms with Crippen molar-refractivity contribution in [1.29, 1.82) is 0 Å². The second-order valence-electron chi connectivity index (χ2n) is 1.88. The largest absolute Gasteiger partial charge is 0.508 e. The molecule has 0 bridgehead atoms. The molecule has 0 aliphatic carbocycles. The number of rotatable bonds is 2. The summed E-state index contributed by atoms with van der Waals surface area (Å²) in [4.78, 5) is 0. The van der Waals surface area contributed by atoms with Crippen LogP contribution in [0.1, 0.15) is 0 Å². The lowest BCUT2D eigenvalue weighted by Crippen LogP contribution is -1.78. The Bertz CT molecular complexity index is 256. The van der Waals surface area contributed by atoms with Crippen molar-refractivity contribution in [3.05, 3.63) is 37.1 Å². The molecule has 0 saturated carbocycles. The average molecular weight is 237 g/mol. The second kappa shape index (κ2) is 7.98. The maximum Gasteiger partial charge on any atom is 0.222 e. The van der Waals surface area contributed by atoms with Crippen molar-refractivity contribution in [2.45, 2.75) is 0 Å². The summed E-state index contributed by atoms with van der Waals surface area (Å²) in [6, 6.07) is 6.53. The quantitative estimate of drug-likeness (QED) is 0.486. The summed E-state index contributed by atoms with van der Waals surface area (Å²) in [5, 5.41) is 8.93. The Kier molecular flexibility index (Phi) is 7.58. The SMILES string of the molecule is C=COc1cccc(O)c1.Cl[SiH2]Cl. The molecule has 0 amide bonds. The Morgan fingerprint density at radius 1 is 1.46 bits per heavy atom. The van der Waals surface area contributed by atoms with Crippen molar-refractivity contribution >= 4 is 30.3 Å². The number of ether oxygens (including phenoxy) is 1. The van der Waals surface area contributed by atoms with E-state index in [1.807, 2.05) is 0 Å². The standard InChI is InChI=1S/C8H8O2.Cl2H2Si/c1-2-10-8-5-3-4-7(9)6-8;1-3-2/h2-6,9H,1H2;3H2. The van der Waals surface area contributed by atoms with Gasteiger partial charge < -0.3 is 9.84 Å². The van der Waals surface area contributed by atoms with E-state index in [0.717, 1.165) is 0 Å². The van der Waals surface area contributed by atoms with Crippen LogP contribution in [0.2, 0.25) is 0 Å². The third-order valence-electron chi connectivity index (χ3n) is 1.04. The van der Waals surface area contributed by atoms with E-state index in [4.69, 9.17) is 32.0 Å². The highest BCUT2D eigenvalue weighted by Gasteiger charge is 1.90. The van der Waals surface area contributed by atoms with Gasteiger partial charge in [0.05, 0.1) is 6.26 Å². The minimum absolute atomic E-state index is 0.194. The molecule has 0 unspecified atom stereocenters. The van der Waals surface area contributed by atoms with Gasteiger partial charge in [-0.2, -0.15) is 22.2 Å². The van der Waals surface area contributed by atoms with Crippen LogP contribution < -0.4 is 4.74 Å². The lowest BCUT2D eigenvalue weighted by atomic mass is 10.3. The summed E-state index contributed by atoms with van der Waals surface area (Å²) < 4.78 is 4.89. The molecule has 0 radical (unpaired) electrons. The van der Waals surface area contributed by atoms with E-state index >= 15 is 0 Å². The predicted octanol–water partition coefficient (Wildman–Crippen LogP) is 2.38. The Labute approximate surface area is 89.0 Å². The molecule has 0 aliphatic rings. The van der Waals surface area contributed by atoms with E-state index in [1.165, 1.54) is 12.3 Å². The molecule has 13 heavy (non-hydrogen) atoms. The maximum atomic E-state index is 8.93. The monoisotopic (exact) mass is 236 g/mol. The average Bonchev–Trinajstić information content (AvgIpc) is 2.06. The molecule has 0 aliphatic heterocycles. The van der Waals surface area contributed by atoms with E-state index in [9.17, 15) is 0 Å². The normalized spacial score (nSPS) is 8.15. The first-order valence-electron chi connectivity index (χ1n) is 3.43. The maximum absolute atomic E-state index is 8.93. The first kappa shape index (κ1) is 12.4. The topological polar surface area (TPSA) is 29.5 Å². The number of halogens is 2. The summed E-state index contributed by atoms with van der Waals surface area (Å²) in [5.74, 6) is 0.786. The zero-order valence-corrected chi connectivity index (χ0v) is 9.84. The van der Waals surface area contributed by atoms with Gasteiger partial charge in [-0.05, 0) is 12.1 Å². The number of hydrogen-bond acceptors (Lipinski definition) is 2. The molecule has 5 heteroatoms. The van der Waals surface area contributed by atoms with Crippen LogP contribution >= 0.6 is 22.2 Å². The van der Waals surface area contributed by atoms with Crippen molar-refractivity contribution in [2.75, 3.05) is 0 Å². The highest BCUT2D eigenvalue weighted by molar-refractivity contribution is 7.22. The fourth-order valence-corrected chi connectivity index (χ4v) is 0.653. The number of aromatic hydroxyl groups is 1. The van der Waals surface area contributed by atoms with E-state index in [-0.39, 0.29) is 5.75 Å². The highest BCUT2D eigenvalue weighted by atomic mass is 35.7. The van der Waals surface area contributed by atoms with Crippen molar-refractivity contribution in [3.8, 4) is 11.5 Å². The van der Waals surface area contributed by atoms with Gasteiger partial charge in [0.2, 0.25) is 8.14 Å². The number of phenols is 1. The van der Waals surface area contributed by atoms with Gasteiger partial charge in [0.25, 0.3) is 0 Å². The van der Waals surface area contributed by atoms with Gasteiger partial charge in [-0.25, -0.2) is 0 Å². The lowest BCUT2D eigenvalue weighted by molar-refractivity contribution is 0.455. The fourth-order valence-electron chi connectivity index (χ4n) is 0.653. The summed E-state index contributed by atoms with van der Waals surface area (Å²) >= 11 is 9.81. The molecule has 1 rings (SSSR count). The van der Waals surface area contributed by atoms with Crippen LogP contribution in [0, 0.1) is 0 Å².